The third-order valence-corrected chi connectivity index (χ3v) is 4.58. The number of carbonyl (C=O) groups is 1. The first-order valence-corrected chi connectivity index (χ1v) is 9.19. The molecule has 0 amide bonds. The minimum absolute atomic E-state index is 0.0429. The van der Waals surface area contributed by atoms with E-state index in [1.807, 2.05) is 4.90 Å². The van der Waals surface area contributed by atoms with Crippen molar-refractivity contribution in [3.63, 3.8) is 0 Å². The predicted octanol–water partition coefficient (Wildman–Crippen LogP) is 0.663. The van der Waals surface area contributed by atoms with E-state index < -0.39 is 17.3 Å². The number of aromatic nitrogens is 2. The molecule has 0 aliphatic carbocycles. The van der Waals surface area contributed by atoms with Crippen LogP contribution >= 0.6 is 0 Å². The molecule has 0 saturated carbocycles. The van der Waals surface area contributed by atoms with Crippen molar-refractivity contribution in [3.05, 3.63) is 52.2 Å². The monoisotopic (exact) mass is 390 g/mol. The van der Waals surface area contributed by atoms with E-state index in [4.69, 9.17) is 9.84 Å². The second kappa shape index (κ2) is 8.94. The summed E-state index contributed by atoms with van der Waals surface area (Å²) in [6.45, 7) is 5.13. The summed E-state index contributed by atoms with van der Waals surface area (Å²) >= 11 is 0. The zero-order valence-corrected chi connectivity index (χ0v) is 15.7. The highest BCUT2D eigenvalue weighted by Gasteiger charge is 2.25. The normalized spacial score (nSPS) is 14.9. The Morgan fingerprint density at radius 2 is 1.89 bits per heavy atom. The fourth-order valence-electron chi connectivity index (χ4n) is 3.15. The van der Waals surface area contributed by atoms with Gasteiger partial charge in [0.15, 0.2) is 5.69 Å². The van der Waals surface area contributed by atoms with Crippen LogP contribution in [0.3, 0.4) is 0 Å². The molecule has 0 radical (unpaired) electrons. The van der Waals surface area contributed by atoms with Crippen LogP contribution in [0.25, 0.3) is 5.69 Å². The van der Waals surface area contributed by atoms with Gasteiger partial charge in [-0.05, 0) is 31.2 Å². The number of piperazine rings is 1. The molecule has 28 heavy (non-hydrogen) atoms. The molecule has 1 saturated heterocycles. The Morgan fingerprint density at radius 1 is 1.21 bits per heavy atom. The smallest absolute Gasteiger partial charge is 0.360 e. The van der Waals surface area contributed by atoms with Crippen molar-refractivity contribution in [3.8, 4) is 5.69 Å². The Bertz CT molecular complexity index is 876. The molecular formula is C19H23FN4O4. The third kappa shape index (κ3) is 4.37. The molecule has 1 aromatic carbocycles. The van der Waals surface area contributed by atoms with Crippen molar-refractivity contribution >= 4 is 11.7 Å². The molecule has 2 heterocycles. The number of aliphatic hydroxyl groups is 1. The molecule has 1 aliphatic heterocycles. The summed E-state index contributed by atoms with van der Waals surface area (Å²) in [7, 11) is 0. The van der Waals surface area contributed by atoms with E-state index in [1.165, 1.54) is 30.3 Å². The van der Waals surface area contributed by atoms with E-state index in [1.54, 1.807) is 6.92 Å². The number of β-amino-alcohol motifs (C(OH)–C–C–N with tert-alkyl or cyclic N) is 1. The van der Waals surface area contributed by atoms with Crippen LogP contribution in [0.1, 0.15) is 17.4 Å². The van der Waals surface area contributed by atoms with Gasteiger partial charge in [-0.3, -0.25) is 9.69 Å². The van der Waals surface area contributed by atoms with Gasteiger partial charge < -0.3 is 14.7 Å². The summed E-state index contributed by atoms with van der Waals surface area (Å²) in [5.74, 6) is -1.05. The predicted molar refractivity (Wildman–Crippen MR) is 101 cm³/mol. The molecule has 0 unspecified atom stereocenters. The van der Waals surface area contributed by atoms with Crippen molar-refractivity contribution in [1.29, 1.82) is 0 Å². The van der Waals surface area contributed by atoms with E-state index >= 15 is 0 Å². The standard InChI is InChI=1S/C19H23FN4O4/c1-2-28-19(27)18-16(23-9-7-22(8-10-23)11-12-25)13-17(26)24(21-18)15-5-3-14(20)4-6-15/h3-6,13,25H,2,7-12H2,1H3. The SMILES string of the molecule is CCOC(=O)c1nn(-c2ccc(F)cc2)c(=O)cc1N1CCN(CCO)CC1. The molecule has 3 rings (SSSR count). The molecule has 0 spiro atoms. The molecule has 0 atom stereocenters. The Labute approximate surface area is 161 Å². The van der Waals surface area contributed by atoms with Gasteiger partial charge in [0, 0.05) is 38.8 Å². The van der Waals surface area contributed by atoms with Gasteiger partial charge in [0.25, 0.3) is 5.56 Å². The summed E-state index contributed by atoms with van der Waals surface area (Å²) in [5, 5.41) is 13.3. The number of anilines is 1. The Morgan fingerprint density at radius 3 is 2.50 bits per heavy atom. The van der Waals surface area contributed by atoms with Gasteiger partial charge in [0.1, 0.15) is 5.82 Å². The van der Waals surface area contributed by atoms with Crippen molar-refractivity contribution in [2.24, 2.45) is 0 Å². The van der Waals surface area contributed by atoms with Gasteiger partial charge in [-0.1, -0.05) is 0 Å². The number of rotatable bonds is 6. The molecule has 150 valence electrons. The zero-order chi connectivity index (χ0) is 20.1. The largest absolute Gasteiger partial charge is 0.461 e. The summed E-state index contributed by atoms with van der Waals surface area (Å²) < 4.78 is 19.4. The summed E-state index contributed by atoms with van der Waals surface area (Å²) in [4.78, 5) is 29.2. The van der Waals surface area contributed by atoms with Gasteiger partial charge in [-0.15, -0.1) is 0 Å². The van der Waals surface area contributed by atoms with Gasteiger partial charge in [-0.2, -0.15) is 9.78 Å². The van der Waals surface area contributed by atoms with Crippen LogP contribution in [0.4, 0.5) is 10.1 Å². The highest BCUT2D eigenvalue weighted by Crippen LogP contribution is 2.20. The van der Waals surface area contributed by atoms with Crippen LogP contribution < -0.4 is 10.5 Å². The number of esters is 1. The lowest BCUT2D eigenvalue weighted by Gasteiger charge is -2.36. The number of halogens is 1. The summed E-state index contributed by atoms with van der Waals surface area (Å²) in [5.41, 5.74) is 0.399. The molecule has 1 aliphatic rings. The van der Waals surface area contributed by atoms with Crippen LogP contribution in [0, 0.1) is 5.82 Å². The molecule has 0 bridgehead atoms. The number of hydrogen-bond donors (Lipinski definition) is 1. The highest BCUT2D eigenvalue weighted by atomic mass is 19.1. The maximum Gasteiger partial charge on any atom is 0.360 e. The average Bonchev–Trinajstić information content (AvgIpc) is 2.69. The second-order valence-corrected chi connectivity index (χ2v) is 6.38. The number of hydrogen-bond acceptors (Lipinski definition) is 7. The van der Waals surface area contributed by atoms with E-state index in [0.717, 1.165) is 4.68 Å². The number of aliphatic hydroxyl groups excluding tert-OH is 1. The first kappa shape index (κ1) is 20.0. The van der Waals surface area contributed by atoms with Crippen molar-refractivity contribution in [1.82, 2.24) is 14.7 Å². The Kier molecular flexibility index (Phi) is 6.37. The summed E-state index contributed by atoms with van der Waals surface area (Å²) in [6.07, 6.45) is 0. The number of carbonyl (C=O) groups excluding carboxylic acids is 1. The first-order chi connectivity index (χ1) is 13.5. The van der Waals surface area contributed by atoms with Gasteiger partial charge >= 0.3 is 5.97 Å². The lowest BCUT2D eigenvalue weighted by atomic mass is 10.2. The van der Waals surface area contributed by atoms with E-state index in [0.29, 0.717) is 44.1 Å². The van der Waals surface area contributed by atoms with Crippen LogP contribution in [0.15, 0.2) is 35.1 Å². The third-order valence-electron chi connectivity index (χ3n) is 4.58. The molecular weight excluding hydrogens is 367 g/mol. The van der Waals surface area contributed by atoms with E-state index in [9.17, 15) is 14.0 Å². The van der Waals surface area contributed by atoms with Crippen LogP contribution in [0.5, 0.6) is 0 Å². The minimum atomic E-state index is -0.619. The van der Waals surface area contributed by atoms with Gasteiger partial charge in [-0.25, -0.2) is 9.18 Å². The number of ether oxygens (including phenoxy) is 1. The molecule has 1 N–H and O–H groups in total. The van der Waals surface area contributed by atoms with Crippen molar-refractivity contribution in [2.75, 3.05) is 50.8 Å². The lowest BCUT2D eigenvalue weighted by molar-refractivity contribution is 0.0517. The Balaban J connectivity index is 1.97. The van der Waals surface area contributed by atoms with Crippen LogP contribution in [0.2, 0.25) is 0 Å². The van der Waals surface area contributed by atoms with Crippen LogP contribution in [-0.2, 0) is 4.74 Å². The van der Waals surface area contributed by atoms with Crippen molar-refractivity contribution < 1.29 is 19.0 Å². The van der Waals surface area contributed by atoms with E-state index in [2.05, 4.69) is 10.00 Å². The first-order valence-electron chi connectivity index (χ1n) is 9.19. The number of benzene rings is 1. The van der Waals surface area contributed by atoms with Gasteiger partial charge in [0.2, 0.25) is 0 Å². The van der Waals surface area contributed by atoms with Crippen LogP contribution in [-0.4, -0.2) is 71.7 Å². The van der Waals surface area contributed by atoms with Crippen molar-refractivity contribution in [2.45, 2.75) is 6.92 Å². The second-order valence-electron chi connectivity index (χ2n) is 6.38. The Hall–Kier alpha value is -2.78. The lowest BCUT2D eigenvalue weighted by Crippen LogP contribution is -2.48. The molecule has 1 aromatic heterocycles. The molecule has 9 heteroatoms. The minimum Gasteiger partial charge on any atom is -0.461 e. The molecule has 8 nitrogen and oxygen atoms in total. The molecule has 2 aromatic rings. The maximum absolute atomic E-state index is 13.2. The highest BCUT2D eigenvalue weighted by molar-refractivity contribution is 5.93. The van der Waals surface area contributed by atoms with E-state index in [-0.39, 0.29) is 18.9 Å². The summed E-state index contributed by atoms with van der Waals surface area (Å²) in [6, 6.07) is 6.66. The maximum atomic E-state index is 13.2. The zero-order valence-electron chi connectivity index (χ0n) is 15.7. The fourth-order valence-corrected chi connectivity index (χ4v) is 3.15. The average molecular weight is 390 g/mol. The van der Waals surface area contributed by atoms with Gasteiger partial charge in [0.05, 0.1) is 24.6 Å². The quantitative estimate of drug-likeness (QED) is 0.725. The topological polar surface area (TPSA) is 87.9 Å². The fraction of sp³-hybridized carbons (Fsp3) is 0.421. The molecule has 1 fully saturated rings. The number of nitrogens with zero attached hydrogens (tertiary/aromatic N) is 4.